The molecular weight excluding hydrogens is 290 g/mol. The highest BCUT2D eigenvalue weighted by Crippen LogP contribution is 2.29. The fraction of sp³-hybridized carbons (Fsp3) is 0.692. The van der Waals surface area contributed by atoms with E-state index in [-0.39, 0.29) is 24.4 Å². The van der Waals surface area contributed by atoms with Gasteiger partial charge in [0.2, 0.25) is 0 Å². The van der Waals surface area contributed by atoms with Gasteiger partial charge in [0.15, 0.2) is 5.13 Å². The Bertz CT molecular complexity index is 471. The van der Waals surface area contributed by atoms with E-state index in [1.807, 2.05) is 0 Å². The molecule has 1 saturated heterocycles. The van der Waals surface area contributed by atoms with Crippen LogP contribution in [-0.4, -0.2) is 48.3 Å². The van der Waals surface area contributed by atoms with Gasteiger partial charge in [-0.15, -0.1) is 0 Å². The van der Waals surface area contributed by atoms with E-state index in [0.717, 1.165) is 37.5 Å². The zero-order chi connectivity index (χ0) is 15.2. The molecule has 0 saturated carbocycles. The molecule has 8 heteroatoms. The molecule has 0 bridgehead atoms. The van der Waals surface area contributed by atoms with E-state index in [9.17, 15) is 4.79 Å². The Kier molecular flexibility index (Phi) is 5.77. The fourth-order valence-electron chi connectivity index (χ4n) is 2.23. The van der Waals surface area contributed by atoms with Gasteiger partial charge in [-0.2, -0.15) is 0 Å². The van der Waals surface area contributed by atoms with Crippen LogP contribution in [0.25, 0.3) is 0 Å². The highest BCUT2D eigenvalue weighted by molar-refractivity contribution is 7.18. The van der Waals surface area contributed by atoms with Crippen molar-refractivity contribution in [2.24, 2.45) is 5.73 Å². The average molecular weight is 313 g/mol. The lowest BCUT2D eigenvalue weighted by Gasteiger charge is -2.29. The second kappa shape index (κ2) is 7.58. The number of piperidine rings is 1. The zero-order valence-electron chi connectivity index (χ0n) is 12.0. The summed E-state index contributed by atoms with van der Waals surface area (Å²) in [6.07, 6.45) is 3.29. The lowest BCUT2D eigenvalue weighted by molar-refractivity contribution is 0.0957. The number of anilines is 2. The molecule has 0 aliphatic carbocycles. The molecule has 1 aliphatic rings. The second-order valence-corrected chi connectivity index (χ2v) is 6.20. The maximum absolute atomic E-state index is 12.1. The SMILES string of the molecule is Nc1nc(N2CCC(N)CC2)sc1C(=O)NCCCCO. The van der Waals surface area contributed by atoms with Crippen LogP contribution >= 0.6 is 11.3 Å². The van der Waals surface area contributed by atoms with E-state index >= 15 is 0 Å². The maximum Gasteiger partial charge on any atom is 0.265 e. The third-order valence-electron chi connectivity index (χ3n) is 3.53. The smallest absolute Gasteiger partial charge is 0.265 e. The summed E-state index contributed by atoms with van der Waals surface area (Å²) < 4.78 is 0. The van der Waals surface area contributed by atoms with E-state index in [4.69, 9.17) is 16.6 Å². The first kappa shape index (κ1) is 16.0. The number of nitrogens with zero attached hydrogens (tertiary/aromatic N) is 2. The largest absolute Gasteiger partial charge is 0.396 e. The van der Waals surface area contributed by atoms with Gasteiger partial charge in [0.05, 0.1) is 0 Å². The van der Waals surface area contributed by atoms with Gasteiger partial charge < -0.3 is 26.8 Å². The van der Waals surface area contributed by atoms with Gasteiger partial charge in [-0.05, 0) is 25.7 Å². The summed E-state index contributed by atoms with van der Waals surface area (Å²) in [6.45, 7) is 2.38. The van der Waals surface area contributed by atoms with Gasteiger partial charge in [-0.1, -0.05) is 11.3 Å². The molecule has 1 aliphatic heterocycles. The number of aliphatic hydroxyl groups is 1. The Morgan fingerprint density at radius 2 is 2.14 bits per heavy atom. The summed E-state index contributed by atoms with van der Waals surface area (Å²) in [4.78, 5) is 19.0. The van der Waals surface area contributed by atoms with Crippen LogP contribution < -0.4 is 21.7 Å². The topological polar surface area (TPSA) is 118 Å². The number of nitrogen functional groups attached to an aromatic ring is 1. The molecule has 6 N–H and O–H groups in total. The summed E-state index contributed by atoms with van der Waals surface area (Å²) in [5, 5.41) is 12.3. The van der Waals surface area contributed by atoms with Gasteiger partial charge in [-0.25, -0.2) is 4.98 Å². The van der Waals surface area contributed by atoms with Gasteiger partial charge in [0, 0.05) is 32.3 Å². The zero-order valence-corrected chi connectivity index (χ0v) is 12.9. The van der Waals surface area contributed by atoms with Crippen molar-refractivity contribution in [1.29, 1.82) is 0 Å². The Balaban J connectivity index is 1.93. The van der Waals surface area contributed by atoms with Crippen LogP contribution in [0.2, 0.25) is 0 Å². The number of amides is 1. The van der Waals surface area contributed by atoms with Crippen molar-refractivity contribution in [3.8, 4) is 0 Å². The quantitative estimate of drug-likeness (QED) is 0.556. The van der Waals surface area contributed by atoms with Crippen LogP contribution in [0.3, 0.4) is 0 Å². The first-order chi connectivity index (χ1) is 10.1. The molecule has 0 aromatic carbocycles. The Morgan fingerprint density at radius 3 is 2.81 bits per heavy atom. The van der Waals surface area contributed by atoms with Gasteiger partial charge in [0.25, 0.3) is 5.91 Å². The molecule has 2 heterocycles. The van der Waals surface area contributed by atoms with Crippen molar-refractivity contribution in [2.75, 3.05) is 36.9 Å². The van der Waals surface area contributed by atoms with Crippen molar-refractivity contribution >= 4 is 28.2 Å². The predicted molar refractivity (Wildman–Crippen MR) is 84.6 cm³/mol. The van der Waals surface area contributed by atoms with Crippen LogP contribution in [0, 0.1) is 0 Å². The van der Waals surface area contributed by atoms with E-state index in [0.29, 0.717) is 17.8 Å². The minimum atomic E-state index is -0.192. The number of carbonyl (C=O) groups is 1. The maximum atomic E-state index is 12.1. The van der Waals surface area contributed by atoms with Crippen molar-refractivity contribution in [3.05, 3.63) is 4.88 Å². The van der Waals surface area contributed by atoms with Gasteiger partial charge in [0.1, 0.15) is 10.7 Å². The number of hydrogen-bond acceptors (Lipinski definition) is 7. The number of aromatic nitrogens is 1. The summed E-state index contributed by atoms with van der Waals surface area (Å²) in [7, 11) is 0. The molecule has 0 spiro atoms. The van der Waals surface area contributed by atoms with E-state index in [2.05, 4.69) is 15.2 Å². The summed E-state index contributed by atoms with van der Waals surface area (Å²) >= 11 is 1.33. The summed E-state index contributed by atoms with van der Waals surface area (Å²) in [5.41, 5.74) is 11.7. The molecular formula is C13H23N5O2S. The van der Waals surface area contributed by atoms with Crippen LogP contribution in [-0.2, 0) is 0 Å². The number of thiazole rings is 1. The molecule has 21 heavy (non-hydrogen) atoms. The predicted octanol–water partition coefficient (Wildman–Crippen LogP) is 0.155. The molecule has 118 valence electrons. The number of carbonyl (C=O) groups excluding carboxylic acids is 1. The molecule has 1 amide bonds. The number of hydrogen-bond donors (Lipinski definition) is 4. The molecule has 0 atom stereocenters. The summed E-state index contributed by atoms with van der Waals surface area (Å²) in [6, 6.07) is 0.257. The minimum absolute atomic E-state index is 0.139. The Morgan fingerprint density at radius 1 is 1.43 bits per heavy atom. The van der Waals surface area contributed by atoms with Crippen molar-refractivity contribution < 1.29 is 9.90 Å². The average Bonchev–Trinajstić information content (AvgIpc) is 2.86. The molecule has 7 nitrogen and oxygen atoms in total. The van der Waals surface area contributed by atoms with Crippen molar-refractivity contribution in [2.45, 2.75) is 31.7 Å². The van der Waals surface area contributed by atoms with E-state index in [1.165, 1.54) is 11.3 Å². The van der Waals surface area contributed by atoms with Crippen LogP contribution in [0.5, 0.6) is 0 Å². The van der Waals surface area contributed by atoms with E-state index < -0.39 is 0 Å². The number of unbranched alkanes of at least 4 members (excludes halogenated alkanes) is 1. The van der Waals surface area contributed by atoms with Crippen molar-refractivity contribution in [1.82, 2.24) is 10.3 Å². The first-order valence-electron chi connectivity index (χ1n) is 7.27. The van der Waals surface area contributed by atoms with E-state index in [1.54, 1.807) is 0 Å². The summed E-state index contributed by atoms with van der Waals surface area (Å²) in [5.74, 6) is 0.0902. The van der Waals surface area contributed by atoms with Crippen molar-refractivity contribution in [3.63, 3.8) is 0 Å². The standard InChI is InChI=1S/C13H23N5O2S/c14-9-3-6-18(7-4-9)13-17-11(15)10(21-13)12(20)16-5-1-2-8-19/h9,19H,1-8,14-15H2,(H,16,20). The molecule has 2 rings (SSSR count). The van der Waals surface area contributed by atoms with Gasteiger partial charge >= 0.3 is 0 Å². The normalized spacial score (nSPS) is 16.2. The first-order valence-corrected chi connectivity index (χ1v) is 8.09. The van der Waals surface area contributed by atoms with Gasteiger partial charge in [-0.3, -0.25) is 4.79 Å². The minimum Gasteiger partial charge on any atom is -0.396 e. The molecule has 1 aromatic heterocycles. The number of aliphatic hydroxyl groups excluding tert-OH is 1. The highest BCUT2D eigenvalue weighted by Gasteiger charge is 2.22. The number of nitrogens with two attached hydrogens (primary N) is 2. The van der Waals surface area contributed by atoms with Crippen LogP contribution in [0.1, 0.15) is 35.4 Å². The molecule has 1 aromatic rings. The highest BCUT2D eigenvalue weighted by atomic mass is 32.1. The molecule has 1 fully saturated rings. The Hall–Kier alpha value is -1.38. The lowest BCUT2D eigenvalue weighted by atomic mass is 10.1. The molecule has 0 unspecified atom stereocenters. The Labute approximate surface area is 128 Å². The number of nitrogens with one attached hydrogen (secondary N) is 1. The molecule has 0 radical (unpaired) electrons. The van der Waals surface area contributed by atoms with Crippen LogP contribution in [0.15, 0.2) is 0 Å². The monoisotopic (exact) mass is 313 g/mol. The number of rotatable bonds is 6. The third kappa shape index (κ3) is 4.29. The van der Waals surface area contributed by atoms with Crippen LogP contribution in [0.4, 0.5) is 10.9 Å². The second-order valence-electron chi connectivity index (χ2n) is 5.22. The third-order valence-corrected chi connectivity index (χ3v) is 4.66. The lowest BCUT2D eigenvalue weighted by Crippen LogP contribution is -2.39. The fourth-order valence-corrected chi connectivity index (χ4v) is 3.18.